The van der Waals surface area contributed by atoms with E-state index in [-0.39, 0.29) is 5.91 Å². The maximum atomic E-state index is 12.9. The fourth-order valence-electron chi connectivity index (χ4n) is 3.23. The Morgan fingerprint density at radius 2 is 1.96 bits per heavy atom. The fourth-order valence-corrected chi connectivity index (χ4v) is 3.23. The number of fused-ring (bicyclic) bond motifs is 1. The van der Waals surface area contributed by atoms with E-state index in [1.165, 1.54) is 0 Å². The molecule has 1 aliphatic heterocycles. The van der Waals surface area contributed by atoms with Crippen LogP contribution in [0.5, 0.6) is 5.75 Å². The Kier molecular flexibility index (Phi) is 4.50. The second-order valence-electron chi connectivity index (χ2n) is 6.44. The first-order chi connectivity index (χ1) is 13.2. The van der Waals surface area contributed by atoms with Crippen LogP contribution in [-0.4, -0.2) is 41.4 Å². The van der Waals surface area contributed by atoms with Gasteiger partial charge in [0.15, 0.2) is 0 Å². The fraction of sp³-hybridized carbons (Fsp3) is 0.250. The zero-order valence-corrected chi connectivity index (χ0v) is 15.4. The summed E-state index contributed by atoms with van der Waals surface area (Å²) in [6.45, 7) is 1.84. The maximum absolute atomic E-state index is 12.9. The number of rotatable bonds is 5. The first-order valence-corrected chi connectivity index (χ1v) is 8.80. The summed E-state index contributed by atoms with van der Waals surface area (Å²) in [5.41, 5.74) is 2.52. The number of ether oxygens (including phenoxy) is 1. The molecule has 138 valence electrons. The molecule has 1 amide bonds. The van der Waals surface area contributed by atoms with Crippen molar-refractivity contribution in [1.82, 2.24) is 14.8 Å². The highest BCUT2D eigenvalue weighted by Crippen LogP contribution is 2.22. The van der Waals surface area contributed by atoms with Crippen molar-refractivity contribution in [3.8, 4) is 5.75 Å². The van der Waals surface area contributed by atoms with E-state index in [4.69, 9.17) is 4.74 Å². The van der Waals surface area contributed by atoms with Crippen LogP contribution in [0.25, 0.3) is 0 Å². The Balaban J connectivity index is 1.51. The van der Waals surface area contributed by atoms with E-state index in [1.54, 1.807) is 22.9 Å². The Labute approximate surface area is 157 Å². The van der Waals surface area contributed by atoms with Crippen molar-refractivity contribution in [3.63, 3.8) is 0 Å². The van der Waals surface area contributed by atoms with Crippen molar-refractivity contribution in [3.05, 3.63) is 66.1 Å². The standard InChI is InChI=1S/C20H21N5O2/c1-23(16-6-8-17(27-2)9-7-16)14-15-13-18-20(26)24(11-12-25(18)22-15)19-5-3-4-10-21-19/h3-10,13H,11-12,14H2,1-2H3. The van der Waals surface area contributed by atoms with Crippen molar-refractivity contribution >= 4 is 17.4 Å². The van der Waals surface area contributed by atoms with Gasteiger partial charge in [-0.2, -0.15) is 5.10 Å². The zero-order chi connectivity index (χ0) is 18.8. The second kappa shape index (κ2) is 7.11. The van der Waals surface area contributed by atoms with Crippen LogP contribution in [0.15, 0.2) is 54.7 Å². The average molecular weight is 363 g/mol. The number of benzene rings is 1. The number of hydrogen-bond acceptors (Lipinski definition) is 5. The van der Waals surface area contributed by atoms with Gasteiger partial charge in [-0.05, 0) is 42.5 Å². The van der Waals surface area contributed by atoms with Gasteiger partial charge >= 0.3 is 0 Å². The normalized spacial score (nSPS) is 13.4. The molecule has 0 fully saturated rings. The first kappa shape index (κ1) is 17.1. The van der Waals surface area contributed by atoms with Gasteiger partial charge in [-0.3, -0.25) is 14.4 Å². The lowest BCUT2D eigenvalue weighted by Gasteiger charge is -2.26. The van der Waals surface area contributed by atoms with Gasteiger partial charge < -0.3 is 9.64 Å². The number of amides is 1. The molecule has 7 heteroatoms. The third-order valence-corrected chi connectivity index (χ3v) is 4.67. The highest BCUT2D eigenvalue weighted by atomic mass is 16.5. The van der Waals surface area contributed by atoms with Gasteiger partial charge in [0.25, 0.3) is 5.91 Å². The quantitative estimate of drug-likeness (QED) is 0.697. The van der Waals surface area contributed by atoms with Crippen LogP contribution >= 0.6 is 0 Å². The molecule has 0 saturated heterocycles. The average Bonchev–Trinajstić information content (AvgIpc) is 3.12. The van der Waals surface area contributed by atoms with Crippen molar-refractivity contribution in [2.45, 2.75) is 13.1 Å². The molecule has 0 aliphatic carbocycles. The van der Waals surface area contributed by atoms with E-state index in [0.29, 0.717) is 31.1 Å². The van der Waals surface area contributed by atoms with Crippen molar-refractivity contribution in [2.24, 2.45) is 0 Å². The molecule has 0 radical (unpaired) electrons. The number of aromatic nitrogens is 3. The summed E-state index contributed by atoms with van der Waals surface area (Å²) >= 11 is 0. The van der Waals surface area contributed by atoms with Crippen LogP contribution in [0.1, 0.15) is 16.2 Å². The smallest absolute Gasteiger partial charge is 0.277 e. The molecule has 0 unspecified atom stereocenters. The third-order valence-electron chi connectivity index (χ3n) is 4.67. The predicted molar refractivity (Wildman–Crippen MR) is 103 cm³/mol. The summed E-state index contributed by atoms with van der Waals surface area (Å²) in [7, 11) is 3.65. The molecule has 0 saturated carbocycles. The number of pyridine rings is 1. The maximum Gasteiger partial charge on any atom is 0.277 e. The molecular formula is C20H21N5O2. The summed E-state index contributed by atoms with van der Waals surface area (Å²) in [6.07, 6.45) is 1.70. The SMILES string of the molecule is COc1ccc(N(C)Cc2cc3n(n2)CCN(c2ccccn2)C3=O)cc1. The largest absolute Gasteiger partial charge is 0.497 e. The Bertz CT molecular complexity index is 937. The van der Waals surface area contributed by atoms with Crippen LogP contribution in [0.3, 0.4) is 0 Å². The molecule has 3 heterocycles. The Hall–Kier alpha value is -3.35. The van der Waals surface area contributed by atoms with Crippen molar-refractivity contribution < 1.29 is 9.53 Å². The van der Waals surface area contributed by atoms with Crippen LogP contribution in [0.4, 0.5) is 11.5 Å². The number of carbonyl (C=O) groups is 1. The molecule has 2 aromatic heterocycles. The number of anilines is 2. The molecule has 1 aliphatic rings. The zero-order valence-electron chi connectivity index (χ0n) is 15.4. The number of carbonyl (C=O) groups excluding carboxylic acids is 1. The summed E-state index contributed by atoms with van der Waals surface area (Å²) in [5, 5.41) is 4.61. The van der Waals surface area contributed by atoms with Gasteiger partial charge in [0.05, 0.1) is 25.9 Å². The van der Waals surface area contributed by atoms with E-state index in [1.807, 2.05) is 55.6 Å². The van der Waals surface area contributed by atoms with Crippen molar-refractivity contribution in [1.29, 1.82) is 0 Å². The minimum Gasteiger partial charge on any atom is -0.497 e. The van der Waals surface area contributed by atoms with Gasteiger partial charge in [-0.15, -0.1) is 0 Å². The van der Waals surface area contributed by atoms with Crippen LogP contribution in [-0.2, 0) is 13.1 Å². The number of hydrogen-bond donors (Lipinski definition) is 0. The summed E-state index contributed by atoms with van der Waals surface area (Å²) in [6, 6.07) is 15.3. The minimum atomic E-state index is -0.0641. The molecular weight excluding hydrogens is 342 g/mol. The Morgan fingerprint density at radius 1 is 1.15 bits per heavy atom. The minimum absolute atomic E-state index is 0.0641. The number of nitrogens with zero attached hydrogens (tertiary/aromatic N) is 5. The van der Waals surface area contributed by atoms with Gasteiger partial charge in [0.2, 0.25) is 0 Å². The monoisotopic (exact) mass is 363 g/mol. The molecule has 0 bridgehead atoms. The second-order valence-corrected chi connectivity index (χ2v) is 6.44. The van der Waals surface area contributed by atoms with Gasteiger partial charge in [0, 0.05) is 25.5 Å². The molecule has 3 aromatic rings. The van der Waals surface area contributed by atoms with Gasteiger partial charge in [0.1, 0.15) is 17.3 Å². The topological polar surface area (TPSA) is 63.5 Å². The first-order valence-electron chi connectivity index (χ1n) is 8.80. The van der Waals surface area contributed by atoms with Gasteiger partial charge in [-0.1, -0.05) is 6.07 Å². The van der Waals surface area contributed by atoms with E-state index in [9.17, 15) is 4.79 Å². The van der Waals surface area contributed by atoms with Crippen molar-refractivity contribution in [2.75, 3.05) is 30.5 Å². The van der Waals surface area contributed by atoms with Crippen LogP contribution in [0.2, 0.25) is 0 Å². The van der Waals surface area contributed by atoms with Crippen LogP contribution in [0, 0.1) is 0 Å². The predicted octanol–water partition coefficient (Wildman–Crippen LogP) is 2.58. The molecule has 0 atom stereocenters. The van der Waals surface area contributed by atoms with Crippen LogP contribution < -0.4 is 14.5 Å². The highest BCUT2D eigenvalue weighted by Gasteiger charge is 2.28. The Morgan fingerprint density at radius 3 is 2.67 bits per heavy atom. The van der Waals surface area contributed by atoms with E-state index in [2.05, 4.69) is 15.0 Å². The molecule has 1 aromatic carbocycles. The lowest BCUT2D eigenvalue weighted by molar-refractivity contribution is 0.0961. The van der Waals surface area contributed by atoms with E-state index >= 15 is 0 Å². The van der Waals surface area contributed by atoms with Gasteiger partial charge in [-0.25, -0.2) is 4.98 Å². The van der Waals surface area contributed by atoms with E-state index in [0.717, 1.165) is 17.1 Å². The summed E-state index contributed by atoms with van der Waals surface area (Å²) < 4.78 is 6.99. The molecule has 0 N–H and O–H groups in total. The summed E-state index contributed by atoms with van der Waals surface area (Å²) in [5.74, 6) is 1.43. The number of methoxy groups -OCH3 is 1. The molecule has 4 rings (SSSR count). The molecule has 0 spiro atoms. The highest BCUT2D eigenvalue weighted by molar-refractivity contribution is 6.05. The molecule has 27 heavy (non-hydrogen) atoms. The third kappa shape index (κ3) is 3.36. The lowest BCUT2D eigenvalue weighted by atomic mass is 10.2. The van der Waals surface area contributed by atoms with E-state index < -0.39 is 0 Å². The summed E-state index contributed by atoms with van der Waals surface area (Å²) in [4.78, 5) is 20.9. The lowest BCUT2D eigenvalue weighted by Crippen LogP contribution is -2.40. The molecule has 7 nitrogen and oxygen atoms in total.